The van der Waals surface area contributed by atoms with Gasteiger partial charge in [-0.15, -0.1) is 0 Å². The molecule has 7 heteroatoms. The fourth-order valence-electron chi connectivity index (χ4n) is 6.46. The van der Waals surface area contributed by atoms with Crippen LogP contribution in [0.25, 0.3) is 34.1 Å². The molecule has 2 aliphatic rings. The molecule has 0 aliphatic carbocycles. The Bertz CT molecular complexity index is 1880. The number of carbonyl (C=O) groups excluding carboxylic acids is 1. The highest BCUT2D eigenvalue weighted by Crippen LogP contribution is 2.52. The molecule has 5 aromatic rings. The zero-order valence-electron chi connectivity index (χ0n) is 24.2. The molecule has 2 aliphatic heterocycles. The van der Waals surface area contributed by atoms with Gasteiger partial charge in [-0.1, -0.05) is 92.2 Å². The summed E-state index contributed by atoms with van der Waals surface area (Å²) in [7, 11) is 1.61. The molecule has 0 radical (unpaired) electrons. The minimum absolute atomic E-state index is 0.0316. The Labute approximate surface area is 256 Å². The van der Waals surface area contributed by atoms with Gasteiger partial charge in [0.1, 0.15) is 17.1 Å². The minimum Gasteiger partial charge on any atom is -0.495 e. The third kappa shape index (κ3) is 4.33. The maximum absolute atomic E-state index is 12.7. The molecule has 1 fully saturated rings. The van der Waals surface area contributed by atoms with Crippen molar-refractivity contribution in [2.24, 2.45) is 0 Å². The molecule has 6 nitrogen and oxygen atoms in total. The summed E-state index contributed by atoms with van der Waals surface area (Å²) in [6, 6.07) is 32.6. The first-order valence-electron chi connectivity index (χ1n) is 14.3. The molecule has 43 heavy (non-hydrogen) atoms. The average Bonchev–Trinajstić information content (AvgIpc) is 3.67. The minimum atomic E-state index is -0.635. The summed E-state index contributed by atoms with van der Waals surface area (Å²) in [6.45, 7) is 4.73. The smallest absolute Gasteiger partial charge is 0.241 e. The fraction of sp³-hybridized carbons (Fsp3) is 0.167. The highest BCUT2D eigenvalue weighted by molar-refractivity contribution is 6.32. The van der Waals surface area contributed by atoms with Gasteiger partial charge in [0, 0.05) is 28.4 Å². The van der Waals surface area contributed by atoms with Crippen molar-refractivity contribution < 1.29 is 9.53 Å². The molecule has 0 saturated carbocycles. The van der Waals surface area contributed by atoms with Gasteiger partial charge in [0.25, 0.3) is 0 Å². The number of para-hydroxylation sites is 2. The molecular formula is C36H31ClN4O2. The molecule has 0 spiro atoms. The summed E-state index contributed by atoms with van der Waals surface area (Å²) < 4.78 is 7.27. The monoisotopic (exact) mass is 586 g/mol. The number of nitrogens with zero attached hydrogens (tertiary/aromatic N) is 3. The molecular weight excluding hydrogens is 556 g/mol. The van der Waals surface area contributed by atoms with Crippen molar-refractivity contribution in [3.8, 4) is 33.8 Å². The Morgan fingerprint density at radius 3 is 2.40 bits per heavy atom. The lowest BCUT2D eigenvalue weighted by atomic mass is 9.75. The molecule has 0 bridgehead atoms. The third-order valence-corrected chi connectivity index (χ3v) is 9.07. The first-order chi connectivity index (χ1) is 20.8. The topological polar surface area (TPSA) is 59.4 Å². The molecule has 7 rings (SSSR count). The second-order valence-electron chi connectivity index (χ2n) is 11.5. The molecule has 4 aromatic carbocycles. The largest absolute Gasteiger partial charge is 0.495 e. The van der Waals surface area contributed by atoms with Crippen LogP contribution >= 0.6 is 11.6 Å². The number of carbonyl (C=O) groups is 1. The van der Waals surface area contributed by atoms with Crippen LogP contribution in [0.1, 0.15) is 25.0 Å². The van der Waals surface area contributed by atoms with Gasteiger partial charge in [-0.05, 0) is 59.2 Å². The molecule has 1 saturated heterocycles. The number of benzene rings is 4. The van der Waals surface area contributed by atoms with E-state index < -0.39 is 5.66 Å². The van der Waals surface area contributed by atoms with Crippen molar-refractivity contribution in [1.29, 1.82) is 0 Å². The van der Waals surface area contributed by atoms with Crippen LogP contribution in [-0.2, 0) is 10.2 Å². The van der Waals surface area contributed by atoms with Crippen LogP contribution in [0.3, 0.4) is 0 Å². The SMILES string of the molecule is COc1ccc(-c2nn(-c3ccccc3)cc2-c2ccc(/C=C/C34NC(=O)CN3c3ccccc3C4(C)C)cc2)cc1Cl. The van der Waals surface area contributed by atoms with Crippen LogP contribution in [0.5, 0.6) is 5.75 Å². The van der Waals surface area contributed by atoms with Gasteiger partial charge in [-0.2, -0.15) is 5.10 Å². The Kier molecular flexibility index (Phi) is 6.40. The number of amides is 1. The van der Waals surface area contributed by atoms with Crippen molar-refractivity contribution in [1.82, 2.24) is 15.1 Å². The second-order valence-corrected chi connectivity index (χ2v) is 11.9. The lowest BCUT2D eigenvalue weighted by Gasteiger charge is -2.40. The number of methoxy groups -OCH3 is 1. The van der Waals surface area contributed by atoms with E-state index in [1.807, 2.05) is 59.3 Å². The van der Waals surface area contributed by atoms with Crippen LogP contribution in [0, 0.1) is 0 Å². The van der Waals surface area contributed by atoms with E-state index in [1.165, 1.54) is 5.56 Å². The van der Waals surface area contributed by atoms with Gasteiger partial charge in [-0.25, -0.2) is 4.68 Å². The summed E-state index contributed by atoms with van der Waals surface area (Å²) in [5.41, 5.74) is 7.14. The number of aromatic nitrogens is 2. The molecule has 1 atom stereocenters. The lowest BCUT2D eigenvalue weighted by Crippen LogP contribution is -2.58. The fourth-order valence-corrected chi connectivity index (χ4v) is 6.71. The van der Waals surface area contributed by atoms with Crippen molar-refractivity contribution in [2.75, 3.05) is 18.6 Å². The molecule has 214 valence electrons. The van der Waals surface area contributed by atoms with Gasteiger partial charge >= 0.3 is 0 Å². The van der Waals surface area contributed by atoms with E-state index in [2.05, 4.69) is 84.9 Å². The van der Waals surface area contributed by atoms with Gasteiger partial charge in [0.05, 0.1) is 24.4 Å². The highest BCUT2D eigenvalue weighted by atomic mass is 35.5. The Morgan fingerprint density at radius 2 is 1.65 bits per heavy atom. The zero-order valence-corrected chi connectivity index (χ0v) is 25.0. The number of ether oxygens (including phenoxy) is 1. The summed E-state index contributed by atoms with van der Waals surface area (Å²) in [5.74, 6) is 0.653. The first-order valence-corrected chi connectivity index (χ1v) is 14.7. The van der Waals surface area contributed by atoms with Gasteiger partial charge in [0.2, 0.25) is 5.91 Å². The Balaban J connectivity index is 1.25. The summed E-state index contributed by atoms with van der Waals surface area (Å²) in [5, 5.41) is 8.80. The molecule has 3 heterocycles. The van der Waals surface area contributed by atoms with Gasteiger partial charge in [-0.3, -0.25) is 4.79 Å². The van der Waals surface area contributed by atoms with E-state index >= 15 is 0 Å². The van der Waals surface area contributed by atoms with Crippen LogP contribution < -0.4 is 15.0 Å². The van der Waals surface area contributed by atoms with Gasteiger partial charge < -0.3 is 15.0 Å². The molecule has 1 unspecified atom stereocenters. The van der Waals surface area contributed by atoms with E-state index in [0.29, 0.717) is 17.3 Å². The van der Waals surface area contributed by atoms with E-state index in [9.17, 15) is 4.79 Å². The van der Waals surface area contributed by atoms with Crippen molar-refractivity contribution >= 4 is 29.3 Å². The van der Waals surface area contributed by atoms with E-state index in [0.717, 1.165) is 39.3 Å². The van der Waals surface area contributed by atoms with E-state index in [1.54, 1.807) is 7.11 Å². The summed E-state index contributed by atoms with van der Waals surface area (Å²) in [6.07, 6.45) is 6.30. The third-order valence-electron chi connectivity index (χ3n) is 8.78. The Morgan fingerprint density at radius 1 is 0.930 bits per heavy atom. The number of rotatable bonds is 6. The van der Waals surface area contributed by atoms with Crippen molar-refractivity contribution in [2.45, 2.75) is 24.9 Å². The predicted octanol–water partition coefficient (Wildman–Crippen LogP) is 7.51. The molecule has 1 N–H and O–H groups in total. The zero-order chi connectivity index (χ0) is 29.8. The van der Waals surface area contributed by atoms with Crippen LogP contribution in [-0.4, -0.2) is 35.0 Å². The summed E-state index contributed by atoms with van der Waals surface area (Å²) >= 11 is 6.51. The number of anilines is 1. The molecule has 1 amide bonds. The van der Waals surface area contributed by atoms with E-state index in [4.69, 9.17) is 21.4 Å². The van der Waals surface area contributed by atoms with E-state index in [-0.39, 0.29) is 11.3 Å². The van der Waals surface area contributed by atoms with Crippen molar-refractivity contribution in [3.63, 3.8) is 0 Å². The maximum atomic E-state index is 12.7. The predicted molar refractivity (Wildman–Crippen MR) is 173 cm³/mol. The van der Waals surface area contributed by atoms with Gasteiger partial charge in [0.15, 0.2) is 0 Å². The van der Waals surface area contributed by atoms with Crippen LogP contribution in [0.4, 0.5) is 5.69 Å². The summed E-state index contributed by atoms with van der Waals surface area (Å²) in [4.78, 5) is 14.9. The normalized spacial score (nSPS) is 18.5. The first kappa shape index (κ1) is 27.0. The van der Waals surface area contributed by atoms with Crippen LogP contribution in [0.2, 0.25) is 5.02 Å². The van der Waals surface area contributed by atoms with Crippen molar-refractivity contribution in [3.05, 3.63) is 125 Å². The molecule has 1 aromatic heterocycles. The standard InChI is InChI=1S/C36H31ClN4O2/c1-35(2)29-11-7-8-12-31(29)40-23-33(42)38-36(35,40)20-19-24-13-15-25(16-14-24)28-22-41(27-9-5-4-6-10-27)39-34(28)26-17-18-32(43-3)30(37)21-26/h4-22H,23H2,1-3H3,(H,38,42)/b20-19+. The average molecular weight is 587 g/mol. The second kappa shape index (κ2) is 10.2. The number of hydrogen-bond donors (Lipinski definition) is 1. The number of halogens is 1. The Hall–Kier alpha value is -4.81. The number of hydrogen-bond acceptors (Lipinski definition) is 4. The lowest BCUT2D eigenvalue weighted by molar-refractivity contribution is -0.118. The number of nitrogens with one attached hydrogen (secondary N) is 1. The maximum Gasteiger partial charge on any atom is 0.241 e. The number of fused-ring (bicyclic) bond motifs is 3. The van der Waals surface area contributed by atoms with Crippen LogP contribution in [0.15, 0.2) is 109 Å². The quantitative estimate of drug-likeness (QED) is 0.224. The highest BCUT2D eigenvalue weighted by Gasteiger charge is 2.59.